The Bertz CT molecular complexity index is 211. The van der Waals surface area contributed by atoms with E-state index in [1.807, 2.05) is 0 Å². The maximum atomic E-state index is 9.82. The van der Waals surface area contributed by atoms with Gasteiger partial charge in [-0.15, -0.1) is 0 Å². The molecule has 122 valence electrons. The topological polar surface area (TPSA) is 60.7 Å². The third kappa shape index (κ3) is 12.9. The first kappa shape index (κ1) is 19.9. The van der Waals surface area contributed by atoms with Gasteiger partial charge in [0.15, 0.2) is 0 Å². The molecule has 2 atom stereocenters. The minimum Gasteiger partial charge on any atom is -0.390 e. The molecule has 0 aliphatic rings. The fraction of sp³-hybridized carbons (Fsp3) is 1.00. The van der Waals surface area contributed by atoms with E-state index in [9.17, 15) is 15.3 Å². The monoisotopic (exact) mass is 288 g/mol. The predicted molar refractivity (Wildman–Crippen MR) is 84.8 cm³/mol. The van der Waals surface area contributed by atoms with Crippen molar-refractivity contribution in [3.05, 3.63) is 0 Å². The highest BCUT2D eigenvalue weighted by molar-refractivity contribution is 4.76. The molecule has 0 aromatic rings. The van der Waals surface area contributed by atoms with E-state index in [4.69, 9.17) is 0 Å². The first-order valence-electron chi connectivity index (χ1n) is 8.45. The van der Waals surface area contributed by atoms with E-state index in [0.717, 1.165) is 12.8 Å². The summed E-state index contributed by atoms with van der Waals surface area (Å²) in [5.74, 6) is 0. The van der Waals surface area contributed by atoms with Crippen molar-refractivity contribution in [3.63, 3.8) is 0 Å². The fourth-order valence-electron chi connectivity index (χ4n) is 2.50. The third-order valence-corrected chi connectivity index (χ3v) is 3.76. The Morgan fingerprint density at radius 3 is 1.65 bits per heavy atom. The lowest BCUT2D eigenvalue weighted by Crippen LogP contribution is -2.34. The highest BCUT2D eigenvalue weighted by Crippen LogP contribution is 2.17. The molecule has 0 amide bonds. The van der Waals surface area contributed by atoms with Crippen LogP contribution in [0.5, 0.6) is 0 Å². The lowest BCUT2D eigenvalue weighted by Gasteiger charge is -2.24. The highest BCUT2D eigenvalue weighted by Gasteiger charge is 2.23. The largest absolute Gasteiger partial charge is 0.390 e. The standard InChI is InChI=1S/C17H36O3/c1-4-5-6-7-8-9-10-11-12-13-15(18)16(19)14-17(2,3)20/h15-16,18-20H,4-14H2,1-3H3. The van der Waals surface area contributed by atoms with Gasteiger partial charge in [-0.1, -0.05) is 64.7 Å². The van der Waals surface area contributed by atoms with E-state index in [-0.39, 0.29) is 6.42 Å². The van der Waals surface area contributed by atoms with Gasteiger partial charge in [-0.05, 0) is 20.3 Å². The second kappa shape index (κ2) is 11.5. The van der Waals surface area contributed by atoms with Gasteiger partial charge in [0.05, 0.1) is 17.8 Å². The second-order valence-electron chi connectivity index (χ2n) is 6.77. The minimum absolute atomic E-state index is 0.228. The number of aliphatic hydroxyl groups is 3. The van der Waals surface area contributed by atoms with Crippen molar-refractivity contribution in [1.82, 2.24) is 0 Å². The van der Waals surface area contributed by atoms with Crippen LogP contribution in [0.3, 0.4) is 0 Å². The fourth-order valence-corrected chi connectivity index (χ4v) is 2.50. The Hall–Kier alpha value is -0.120. The highest BCUT2D eigenvalue weighted by atomic mass is 16.3. The molecule has 20 heavy (non-hydrogen) atoms. The van der Waals surface area contributed by atoms with E-state index in [1.54, 1.807) is 13.8 Å². The molecule has 0 rings (SSSR count). The predicted octanol–water partition coefficient (Wildman–Crippen LogP) is 3.79. The van der Waals surface area contributed by atoms with Crippen LogP contribution in [0.15, 0.2) is 0 Å². The lowest BCUT2D eigenvalue weighted by atomic mass is 9.95. The van der Waals surface area contributed by atoms with E-state index < -0.39 is 17.8 Å². The Labute approximate surface area is 125 Å². The average Bonchev–Trinajstić information content (AvgIpc) is 2.34. The van der Waals surface area contributed by atoms with Gasteiger partial charge in [0.25, 0.3) is 0 Å². The summed E-state index contributed by atoms with van der Waals surface area (Å²) in [7, 11) is 0. The summed E-state index contributed by atoms with van der Waals surface area (Å²) in [5.41, 5.74) is -0.918. The van der Waals surface area contributed by atoms with Gasteiger partial charge in [0.2, 0.25) is 0 Å². The smallest absolute Gasteiger partial charge is 0.0826 e. The van der Waals surface area contributed by atoms with Gasteiger partial charge in [0.1, 0.15) is 0 Å². The molecule has 3 nitrogen and oxygen atoms in total. The summed E-state index contributed by atoms with van der Waals surface area (Å²) in [6.45, 7) is 5.54. The SMILES string of the molecule is CCCCCCCCCCCC(O)C(O)CC(C)(C)O. The second-order valence-corrected chi connectivity index (χ2v) is 6.77. The van der Waals surface area contributed by atoms with E-state index in [2.05, 4.69) is 6.92 Å². The molecule has 0 bridgehead atoms. The molecular weight excluding hydrogens is 252 g/mol. The first-order chi connectivity index (χ1) is 9.37. The number of unbranched alkanes of at least 4 members (excludes halogenated alkanes) is 8. The molecule has 0 aliphatic carbocycles. The van der Waals surface area contributed by atoms with E-state index in [0.29, 0.717) is 6.42 Å². The van der Waals surface area contributed by atoms with Crippen LogP contribution in [0.4, 0.5) is 0 Å². The molecular formula is C17H36O3. The number of hydrogen-bond acceptors (Lipinski definition) is 3. The maximum absolute atomic E-state index is 9.82. The van der Waals surface area contributed by atoms with Crippen LogP contribution in [0.2, 0.25) is 0 Å². The van der Waals surface area contributed by atoms with E-state index in [1.165, 1.54) is 44.9 Å². The summed E-state index contributed by atoms with van der Waals surface area (Å²) in [4.78, 5) is 0. The van der Waals surface area contributed by atoms with Gasteiger partial charge in [-0.2, -0.15) is 0 Å². The summed E-state index contributed by atoms with van der Waals surface area (Å²) in [6, 6.07) is 0. The Kier molecular flexibility index (Phi) is 11.5. The molecule has 3 N–H and O–H groups in total. The van der Waals surface area contributed by atoms with Crippen molar-refractivity contribution in [3.8, 4) is 0 Å². The Morgan fingerprint density at radius 1 is 0.750 bits per heavy atom. The molecule has 0 saturated carbocycles. The zero-order valence-electron chi connectivity index (χ0n) is 13.8. The zero-order valence-corrected chi connectivity index (χ0v) is 13.8. The van der Waals surface area contributed by atoms with Crippen LogP contribution in [0.1, 0.15) is 91.4 Å². The van der Waals surface area contributed by atoms with Gasteiger partial charge >= 0.3 is 0 Å². The van der Waals surface area contributed by atoms with Crippen LogP contribution in [0, 0.1) is 0 Å². The molecule has 3 heteroatoms. The van der Waals surface area contributed by atoms with Crippen molar-refractivity contribution >= 4 is 0 Å². The third-order valence-electron chi connectivity index (χ3n) is 3.76. The first-order valence-corrected chi connectivity index (χ1v) is 8.45. The summed E-state index contributed by atoms with van der Waals surface area (Å²) < 4.78 is 0. The molecule has 0 saturated heterocycles. The van der Waals surface area contributed by atoms with Crippen LogP contribution < -0.4 is 0 Å². The van der Waals surface area contributed by atoms with Crippen LogP contribution in [0.25, 0.3) is 0 Å². The summed E-state index contributed by atoms with van der Waals surface area (Å²) in [6.07, 6.45) is 10.6. The quantitative estimate of drug-likeness (QED) is 0.452. The molecule has 0 fully saturated rings. The number of rotatable bonds is 13. The van der Waals surface area contributed by atoms with Crippen molar-refractivity contribution < 1.29 is 15.3 Å². The van der Waals surface area contributed by atoms with Crippen molar-refractivity contribution in [2.45, 2.75) is 109 Å². The molecule has 0 aromatic carbocycles. The molecule has 2 unspecified atom stereocenters. The van der Waals surface area contributed by atoms with Crippen LogP contribution >= 0.6 is 0 Å². The van der Waals surface area contributed by atoms with E-state index >= 15 is 0 Å². The van der Waals surface area contributed by atoms with Gasteiger partial charge < -0.3 is 15.3 Å². The Morgan fingerprint density at radius 2 is 1.20 bits per heavy atom. The summed E-state index contributed by atoms with van der Waals surface area (Å²) >= 11 is 0. The summed E-state index contributed by atoms with van der Waals surface area (Å²) in [5, 5.41) is 29.2. The van der Waals surface area contributed by atoms with Gasteiger partial charge in [-0.25, -0.2) is 0 Å². The number of aliphatic hydroxyl groups excluding tert-OH is 2. The number of hydrogen-bond donors (Lipinski definition) is 3. The molecule has 0 spiro atoms. The van der Waals surface area contributed by atoms with Crippen LogP contribution in [-0.4, -0.2) is 33.1 Å². The van der Waals surface area contributed by atoms with Gasteiger partial charge in [0, 0.05) is 6.42 Å². The molecule has 0 radical (unpaired) electrons. The zero-order chi connectivity index (χ0) is 15.4. The van der Waals surface area contributed by atoms with Crippen molar-refractivity contribution in [2.24, 2.45) is 0 Å². The van der Waals surface area contributed by atoms with Gasteiger partial charge in [-0.3, -0.25) is 0 Å². The van der Waals surface area contributed by atoms with Crippen molar-refractivity contribution in [1.29, 1.82) is 0 Å². The van der Waals surface area contributed by atoms with Crippen LogP contribution in [-0.2, 0) is 0 Å². The lowest BCUT2D eigenvalue weighted by molar-refractivity contribution is -0.0423. The molecule has 0 aromatic heterocycles. The normalized spacial score (nSPS) is 15.3. The minimum atomic E-state index is -0.918. The van der Waals surface area contributed by atoms with Crippen molar-refractivity contribution in [2.75, 3.05) is 0 Å². The average molecular weight is 288 g/mol. The maximum Gasteiger partial charge on any atom is 0.0826 e. The Balaban J connectivity index is 3.41. The molecule has 0 aliphatic heterocycles. The molecule has 0 heterocycles.